The van der Waals surface area contributed by atoms with Gasteiger partial charge in [-0.1, -0.05) is 12.1 Å². The molecule has 1 aromatic carbocycles. The molecule has 0 heterocycles. The van der Waals surface area contributed by atoms with Crippen molar-refractivity contribution >= 4 is 23.2 Å². The molecule has 0 amide bonds. The van der Waals surface area contributed by atoms with Crippen LogP contribution in [0.5, 0.6) is 5.75 Å². The maximum absolute atomic E-state index is 9.95. The van der Waals surface area contributed by atoms with E-state index in [0.29, 0.717) is 5.75 Å². The fraction of sp³-hybridized carbons (Fsp3) is 0.533. The second kappa shape index (κ2) is 7.43. The van der Waals surface area contributed by atoms with Crippen LogP contribution >= 0.6 is 17.0 Å². The van der Waals surface area contributed by atoms with Crippen LogP contribution in [-0.2, 0) is 20.8 Å². The van der Waals surface area contributed by atoms with Gasteiger partial charge in [-0.05, 0) is 56.6 Å². The van der Waals surface area contributed by atoms with Gasteiger partial charge in [0, 0.05) is 11.8 Å². The fourth-order valence-corrected chi connectivity index (χ4v) is 3.33. The van der Waals surface area contributed by atoms with Crippen molar-refractivity contribution in [2.45, 2.75) is 44.6 Å². The maximum atomic E-state index is 9.95. The summed E-state index contributed by atoms with van der Waals surface area (Å²) in [5.74, 6) is 1.29. The summed E-state index contributed by atoms with van der Waals surface area (Å²) >= 11 is -0.826. The number of phenols is 1. The average Bonchev–Trinajstić information content (AvgIpc) is 3.02. The van der Waals surface area contributed by atoms with Crippen LogP contribution in [0.1, 0.15) is 43.2 Å². The van der Waals surface area contributed by atoms with Crippen molar-refractivity contribution in [3.05, 3.63) is 29.3 Å². The minimum atomic E-state index is -0.826. The molecule has 0 saturated heterocycles. The zero-order valence-electron chi connectivity index (χ0n) is 11.6. The monoisotopic (exact) mass is 389 g/mol. The number of hydrogen-bond acceptors (Lipinski definition) is 2. The number of phenolic OH excluding ortho intramolecular Hbond substituents is 1. The van der Waals surface area contributed by atoms with E-state index in [4.69, 9.17) is 22.0 Å². The van der Waals surface area contributed by atoms with Gasteiger partial charge in [-0.15, -0.1) is 0 Å². The van der Waals surface area contributed by atoms with Crippen molar-refractivity contribution in [3.63, 3.8) is 0 Å². The Balaban J connectivity index is 0.000000452. The predicted molar refractivity (Wildman–Crippen MR) is 81.4 cm³/mol. The van der Waals surface area contributed by atoms with Gasteiger partial charge in [-0.3, -0.25) is 4.99 Å². The molecule has 0 radical (unpaired) electrons. The number of hydrogen-bond donors (Lipinski definition) is 1. The first-order valence-corrected chi connectivity index (χ1v) is 13.2. The van der Waals surface area contributed by atoms with E-state index < -0.39 is 20.8 Å². The van der Waals surface area contributed by atoms with Crippen molar-refractivity contribution in [3.8, 4) is 5.75 Å². The normalized spacial score (nSPS) is 27.4. The topological polar surface area (TPSA) is 32.6 Å². The van der Waals surface area contributed by atoms with Gasteiger partial charge in [0.2, 0.25) is 0 Å². The molecule has 2 bridgehead atoms. The summed E-state index contributed by atoms with van der Waals surface area (Å²) in [7, 11) is 9.87. The molecule has 2 nitrogen and oxygen atoms in total. The number of aliphatic imine (C=N–C) groups is 1. The average molecular weight is 391 g/mol. The predicted octanol–water partition coefficient (Wildman–Crippen LogP) is 4.83. The van der Waals surface area contributed by atoms with E-state index in [0.717, 1.165) is 17.0 Å². The van der Waals surface area contributed by atoms with E-state index in [1.54, 1.807) is 0 Å². The molecule has 1 aromatic rings. The van der Waals surface area contributed by atoms with E-state index in [9.17, 15) is 5.11 Å². The number of aryl methyl sites for hydroxylation is 1. The number of nitrogens with zero attached hydrogens (tertiary/aromatic N) is 1. The second-order valence-electron chi connectivity index (χ2n) is 5.71. The molecule has 0 aromatic heterocycles. The third-order valence-electron chi connectivity index (χ3n) is 4.45. The van der Waals surface area contributed by atoms with Gasteiger partial charge < -0.3 is 5.11 Å². The van der Waals surface area contributed by atoms with Crippen LogP contribution in [0.3, 0.4) is 0 Å². The zero-order valence-corrected chi connectivity index (χ0v) is 15.5. The number of halogens is 2. The van der Waals surface area contributed by atoms with Gasteiger partial charge in [-0.2, -0.15) is 0 Å². The molecule has 5 heteroatoms. The first kappa shape index (κ1) is 16.5. The Morgan fingerprint density at radius 3 is 2.55 bits per heavy atom. The molecule has 0 aliphatic heterocycles. The summed E-state index contributed by atoms with van der Waals surface area (Å²) in [6, 6.07) is 5.83. The zero-order chi connectivity index (χ0) is 14.6. The third-order valence-corrected chi connectivity index (χ3v) is 4.45. The van der Waals surface area contributed by atoms with Crippen LogP contribution in [-0.4, -0.2) is 16.9 Å². The van der Waals surface area contributed by atoms with Crippen molar-refractivity contribution < 1.29 is 26.0 Å². The van der Waals surface area contributed by atoms with E-state index in [2.05, 4.69) is 0 Å². The molecule has 3 rings (SSSR count). The molecule has 0 atom stereocenters. The van der Waals surface area contributed by atoms with Gasteiger partial charge in [-0.25, -0.2) is 0 Å². The Labute approximate surface area is 139 Å². The summed E-state index contributed by atoms with van der Waals surface area (Å²) in [5.41, 5.74) is 1.98. The Hall–Kier alpha value is 0.153. The molecule has 2 aliphatic carbocycles. The molecule has 2 fully saturated rings. The Bertz CT molecular complexity index is 485. The molecule has 108 valence electrons. The Morgan fingerprint density at radius 1 is 1.35 bits per heavy atom. The van der Waals surface area contributed by atoms with Crippen LogP contribution in [0.25, 0.3) is 0 Å². The van der Waals surface area contributed by atoms with Crippen molar-refractivity contribution in [1.82, 2.24) is 0 Å². The van der Waals surface area contributed by atoms with Crippen molar-refractivity contribution in [2.24, 2.45) is 10.9 Å². The number of fused-ring (bicyclic) bond motifs is 2. The SMILES string of the molecule is Cc1cccc(C=NC23CCC(CC2)C3)c1O.[Cl][Zr][Cl]. The first-order chi connectivity index (χ1) is 9.60. The van der Waals surface area contributed by atoms with E-state index >= 15 is 0 Å². The summed E-state index contributed by atoms with van der Waals surface area (Å²) < 4.78 is 0. The van der Waals surface area contributed by atoms with Gasteiger partial charge in [0.15, 0.2) is 0 Å². The molecule has 2 saturated carbocycles. The van der Waals surface area contributed by atoms with Gasteiger partial charge in [0.25, 0.3) is 0 Å². The molecule has 2 aliphatic rings. The third kappa shape index (κ3) is 3.87. The molecule has 1 N–H and O–H groups in total. The number of benzene rings is 1. The van der Waals surface area contributed by atoms with Crippen LogP contribution in [0, 0.1) is 12.8 Å². The van der Waals surface area contributed by atoms with Crippen LogP contribution < -0.4 is 0 Å². The Kier molecular flexibility index (Phi) is 6.13. The quantitative estimate of drug-likeness (QED) is 0.720. The fourth-order valence-electron chi connectivity index (χ4n) is 3.33. The summed E-state index contributed by atoms with van der Waals surface area (Å²) in [6.45, 7) is 1.92. The molecule has 0 unspecified atom stereocenters. The molecule has 0 spiro atoms. The minimum absolute atomic E-state index is 0.209. The van der Waals surface area contributed by atoms with Crippen molar-refractivity contribution in [1.29, 1.82) is 0 Å². The molecular formula is C15H19Cl2NOZr. The first-order valence-electron chi connectivity index (χ1n) is 6.90. The van der Waals surface area contributed by atoms with E-state index in [1.165, 1.54) is 32.1 Å². The summed E-state index contributed by atoms with van der Waals surface area (Å²) in [4.78, 5) is 4.80. The number of para-hydroxylation sites is 1. The van der Waals surface area contributed by atoms with Crippen LogP contribution in [0.4, 0.5) is 0 Å². The van der Waals surface area contributed by atoms with Crippen molar-refractivity contribution in [2.75, 3.05) is 0 Å². The summed E-state index contributed by atoms with van der Waals surface area (Å²) in [6.07, 6.45) is 8.31. The van der Waals surface area contributed by atoms with Crippen LogP contribution in [0.2, 0.25) is 0 Å². The second-order valence-corrected chi connectivity index (χ2v) is 9.45. The number of aromatic hydroxyl groups is 1. The van der Waals surface area contributed by atoms with E-state index in [-0.39, 0.29) is 5.54 Å². The summed E-state index contributed by atoms with van der Waals surface area (Å²) in [5, 5.41) is 9.95. The van der Waals surface area contributed by atoms with Gasteiger partial charge in [0.1, 0.15) is 5.75 Å². The van der Waals surface area contributed by atoms with E-state index in [1.807, 2.05) is 31.3 Å². The number of rotatable bonds is 2. The van der Waals surface area contributed by atoms with Crippen LogP contribution in [0.15, 0.2) is 23.2 Å². The standard InChI is InChI=1S/C15H19NO.2ClH.Zr/c1-11-3-2-4-13(14(11)17)10-16-15-7-5-12(9-15)6-8-15;;;/h2-4,10,12,17H,5-9H2,1H3;2*1H;/q;;;+2/p-2. The molecular weight excluding hydrogens is 372 g/mol. The van der Waals surface area contributed by atoms with Gasteiger partial charge in [0.05, 0.1) is 5.54 Å². The Morgan fingerprint density at radius 2 is 2.00 bits per heavy atom. The van der Waals surface area contributed by atoms with Gasteiger partial charge >= 0.3 is 37.9 Å². The molecule has 20 heavy (non-hydrogen) atoms.